The van der Waals surface area contributed by atoms with Gasteiger partial charge in [0, 0.05) is 6.54 Å². The van der Waals surface area contributed by atoms with Gasteiger partial charge in [-0.3, -0.25) is 0 Å². The Balaban J connectivity index is 2.11. The first-order valence-corrected chi connectivity index (χ1v) is 6.90. The lowest BCUT2D eigenvalue weighted by Gasteiger charge is -2.09. The van der Waals surface area contributed by atoms with Crippen molar-refractivity contribution in [2.45, 2.75) is 27.0 Å². The third-order valence-electron chi connectivity index (χ3n) is 3.84. The number of hydrogen-bond acceptors (Lipinski definition) is 2. The molecule has 21 heavy (non-hydrogen) atoms. The summed E-state index contributed by atoms with van der Waals surface area (Å²) in [6.07, 6.45) is 0. The number of benzene rings is 2. The summed E-state index contributed by atoms with van der Waals surface area (Å²) in [6, 6.07) is 10.5. The SMILES string of the molecule is Cc1cc2nc(CO)n(Cc3ccc(F)cc3)c2cc1C. The van der Waals surface area contributed by atoms with E-state index in [0.29, 0.717) is 12.4 Å². The van der Waals surface area contributed by atoms with Crippen LogP contribution in [0.15, 0.2) is 36.4 Å². The van der Waals surface area contributed by atoms with Gasteiger partial charge in [0.1, 0.15) is 18.2 Å². The fourth-order valence-electron chi connectivity index (χ4n) is 2.50. The molecule has 0 aliphatic heterocycles. The second-order valence-electron chi connectivity index (χ2n) is 5.32. The molecule has 0 saturated carbocycles. The molecule has 0 spiro atoms. The predicted octanol–water partition coefficient (Wildman–Crippen LogP) is 3.33. The highest BCUT2D eigenvalue weighted by atomic mass is 19.1. The topological polar surface area (TPSA) is 38.1 Å². The van der Waals surface area contributed by atoms with Gasteiger partial charge in [-0.15, -0.1) is 0 Å². The number of halogens is 1. The molecule has 0 aliphatic rings. The van der Waals surface area contributed by atoms with Crippen molar-refractivity contribution in [2.75, 3.05) is 0 Å². The molecule has 0 aliphatic carbocycles. The average Bonchev–Trinajstić information content (AvgIpc) is 2.79. The monoisotopic (exact) mass is 284 g/mol. The summed E-state index contributed by atoms with van der Waals surface area (Å²) < 4.78 is 15.0. The first-order chi connectivity index (χ1) is 10.1. The van der Waals surface area contributed by atoms with E-state index < -0.39 is 0 Å². The van der Waals surface area contributed by atoms with Gasteiger partial charge in [0.25, 0.3) is 0 Å². The number of nitrogens with zero attached hydrogens (tertiary/aromatic N) is 2. The van der Waals surface area contributed by atoms with Crippen molar-refractivity contribution in [2.24, 2.45) is 0 Å². The molecular formula is C17H17FN2O. The van der Waals surface area contributed by atoms with Crippen molar-refractivity contribution in [3.05, 3.63) is 64.7 Å². The molecule has 3 aromatic rings. The van der Waals surface area contributed by atoms with Crippen LogP contribution in [0, 0.1) is 19.7 Å². The highest BCUT2D eigenvalue weighted by molar-refractivity contribution is 5.78. The molecule has 0 amide bonds. The van der Waals surface area contributed by atoms with E-state index in [9.17, 15) is 9.50 Å². The van der Waals surface area contributed by atoms with Crippen molar-refractivity contribution in [1.82, 2.24) is 9.55 Å². The standard InChI is InChI=1S/C17H17FN2O/c1-11-7-15-16(8-12(11)2)20(17(10-21)19-15)9-13-3-5-14(18)6-4-13/h3-8,21H,9-10H2,1-2H3. The number of fused-ring (bicyclic) bond motifs is 1. The van der Waals surface area contributed by atoms with Gasteiger partial charge in [0.05, 0.1) is 11.0 Å². The maximum Gasteiger partial charge on any atom is 0.136 e. The molecule has 0 radical (unpaired) electrons. The van der Waals surface area contributed by atoms with Crippen LogP contribution in [0.2, 0.25) is 0 Å². The summed E-state index contributed by atoms with van der Waals surface area (Å²) in [5.41, 5.74) is 5.21. The molecule has 2 aromatic carbocycles. The van der Waals surface area contributed by atoms with E-state index in [-0.39, 0.29) is 12.4 Å². The summed E-state index contributed by atoms with van der Waals surface area (Å²) in [5.74, 6) is 0.377. The summed E-state index contributed by atoms with van der Waals surface area (Å²) in [4.78, 5) is 4.49. The number of aryl methyl sites for hydroxylation is 2. The fraction of sp³-hybridized carbons (Fsp3) is 0.235. The van der Waals surface area contributed by atoms with Gasteiger partial charge in [-0.2, -0.15) is 0 Å². The minimum absolute atomic E-state index is 0.117. The van der Waals surface area contributed by atoms with Crippen molar-refractivity contribution in [1.29, 1.82) is 0 Å². The van der Waals surface area contributed by atoms with E-state index in [4.69, 9.17) is 0 Å². The molecule has 1 aromatic heterocycles. The largest absolute Gasteiger partial charge is 0.388 e. The molecule has 0 saturated heterocycles. The van der Waals surface area contributed by atoms with Crippen LogP contribution in [0.5, 0.6) is 0 Å². The van der Waals surface area contributed by atoms with E-state index in [2.05, 4.69) is 18.0 Å². The van der Waals surface area contributed by atoms with Crippen molar-refractivity contribution in [3.8, 4) is 0 Å². The Labute approximate surface area is 122 Å². The van der Waals surface area contributed by atoms with Gasteiger partial charge in [0.2, 0.25) is 0 Å². The van der Waals surface area contributed by atoms with E-state index in [1.807, 2.05) is 17.6 Å². The van der Waals surface area contributed by atoms with Crippen LogP contribution in [0.1, 0.15) is 22.5 Å². The normalized spacial score (nSPS) is 11.2. The number of rotatable bonds is 3. The van der Waals surface area contributed by atoms with Gasteiger partial charge in [-0.05, 0) is 54.8 Å². The van der Waals surface area contributed by atoms with Gasteiger partial charge in [-0.25, -0.2) is 9.37 Å². The first-order valence-electron chi connectivity index (χ1n) is 6.90. The molecule has 108 valence electrons. The molecule has 0 bridgehead atoms. The van der Waals surface area contributed by atoms with Crippen molar-refractivity contribution >= 4 is 11.0 Å². The quantitative estimate of drug-likeness (QED) is 0.801. The van der Waals surface area contributed by atoms with Crippen LogP contribution in [0.25, 0.3) is 11.0 Å². The maximum absolute atomic E-state index is 13.0. The smallest absolute Gasteiger partial charge is 0.136 e. The minimum atomic E-state index is -0.247. The van der Waals surface area contributed by atoms with E-state index in [1.54, 1.807) is 12.1 Å². The van der Waals surface area contributed by atoms with Crippen LogP contribution < -0.4 is 0 Å². The van der Waals surface area contributed by atoms with Gasteiger partial charge in [0.15, 0.2) is 0 Å². The Kier molecular flexibility index (Phi) is 3.47. The summed E-state index contributed by atoms with van der Waals surface area (Å²) in [7, 11) is 0. The van der Waals surface area contributed by atoms with Gasteiger partial charge < -0.3 is 9.67 Å². The summed E-state index contributed by atoms with van der Waals surface area (Å²) in [5, 5.41) is 9.54. The zero-order chi connectivity index (χ0) is 15.0. The van der Waals surface area contributed by atoms with Crippen LogP contribution in [0.3, 0.4) is 0 Å². The summed E-state index contributed by atoms with van der Waals surface area (Å²) in [6.45, 7) is 4.55. The predicted molar refractivity (Wildman–Crippen MR) is 80.6 cm³/mol. The third-order valence-corrected chi connectivity index (χ3v) is 3.84. The Morgan fingerprint density at radius 3 is 2.43 bits per heavy atom. The average molecular weight is 284 g/mol. The zero-order valence-electron chi connectivity index (χ0n) is 12.1. The van der Waals surface area contributed by atoms with Crippen LogP contribution in [-0.2, 0) is 13.2 Å². The lowest BCUT2D eigenvalue weighted by atomic mass is 10.1. The Morgan fingerprint density at radius 1 is 1.10 bits per heavy atom. The van der Waals surface area contributed by atoms with E-state index >= 15 is 0 Å². The molecule has 1 N–H and O–H groups in total. The number of imidazole rings is 1. The maximum atomic E-state index is 13.0. The molecular weight excluding hydrogens is 267 g/mol. The molecule has 0 fully saturated rings. The van der Waals surface area contributed by atoms with E-state index in [1.165, 1.54) is 23.3 Å². The van der Waals surface area contributed by atoms with Crippen molar-refractivity contribution in [3.63, 3.8) is 0 Å². The zero-order valence-corrected chi connectivity index (χ0v) is 12.1. The Morgan fingerprint density at radius 2 is 1.76 bits per heavy atom. The second-order valence-corrected chi connectivity index (χ2v) is 5.32. The van der Waals surface area contributed by atoms with Crippen molar-refractivity contribution < 1.29 is 9.50 Å². The lowest BCUT2D eigenvalue weighted by Crippen LogP contribution is -2.05. The molecule has 0 unspecified atom stereocenters. The van der Waals surface area contributed by atoms with Gasteiger partial charge >= 0.3 is 0 Å². The number of aliphatic hydroxyl groups excluding tert-OH is 1. The van der Waals surface area contributed by atoms with Gasteiger partial charge in [-0.1, -0.05) is 12.1 Å². The van der Waals surface area contributed by atoms with E-state index in [0.717, 1.165) is 16.6 Å². The number of hydrogen-bond donors (Lipinski definition) is 1. The fourth-order valence-corrected chi connectivity index (χ4v) is 2.50. The molecule has 1 heterocycles. The van der Waals surface area contributed by atoms with Crippen LogP contribution in [0.4, 0.5) is 4.39 Å². The molecule has 0 atom stereocenters. The first kappa shape index (κ1) is 13.8. The van der Waals surface area contributed by atoms with Crippen LogP contribution in [-0.4, -0.2) is 14.7 Å². The second kappa shape index (κ2) is 5.30. The molecule has 3 nitrogen and oxygen atoms in total. The third kappa shape index (κ3) is 2.54. The highest BCUT2D eigenvalue weighted by Crippen LogP contribution is 2.22. The number of aromatic nitrogens is 2. The molecule has 4 heteroatoms. The minimum Gasteiger partial charge on any atom is -0.388 e. The van der Waals surface area contributed by atoms with Crippen LogP contribution >= 0.6 is 0 Å². The highest BCUT2D eigenvalue weighted by Gasteiger charge is 2.11. The Hall–Kier alpha value is -2.20. The molecule has 3 rings (SSSR count). The Bertz CT molecular complexity index is 791. The number of aliphatic hydroxyl groups is 1. The summed E-state index contributed by atoms with van der Waals surface area (Å²) >= 11 is 0. The lowest BCUT2D eigenvalue weighted by molar-refractivity contribution is 0.267.